The predicted molar refractivity (Wildman–Crippen MR) is 95.6 cm³/mol. The van der Waals surface area contributed by atoms with Gasteiger partial charge in [0.25, 0.3) is 0 Å². The first kappa shape index (κ1) is 16.0. The van der Waals surface area contributed by atoms with Crippen LogP contribution >= 0.6 is 11.6 Å². The van der Waals surface area contributed by atoms with Crippen molar-refractivity contribution in [3.05, 3.63) is 35.5 Å². The molecule has 1 aliphatic rings. The Labute approximate surface area is 141 Å². The highest BCUT2D eigenvalue weighted by Gasteiger charge is 2.20. The lowest BCUT2D eigenvalue weighted by atomic mass is 10.1. The molecule has 0 radical (unpaired) electrons. The number of rotatable bonds is 5. The van der Waals surface area contributed by atoms with Crippen molar-refractivity contribution in [1.29, 1.82) is 0 Å². The number of nitrogens with zero attached hydrogens (tertiary/aromatic N) is 3. The SMILES string of the molecule is CN1CCCC1CCNc1nc(N)ncc1-c1cccc(Cl)c1. The molecule has 0 saturated carbocycles. The predicted octanol–water partition coefficient (Wildman–Crippen LogP) is 3.28. The van der Waals surface area contributed by atoms with Gasteiger partial charge in [-0.1, -0.05) is 23.7 Å². The van der Waals surface area contributed by atoms with Gasteiger partial charge in [-0.3, -0.25) is 0 Å². The summed E-state index contributed by atoms with van der Waals surface area (Å²) in [4.78, 5) is 10.9. The maximum absolute atomic E-state index is 6.09. The van der Waals surface area contributed by atoms with Crippen LogP contribution in [0, 0.1) is 0 Å². The number of anilines is 2. The van der Waals surface area contributed by atoms with Crippen molar-refractivity contribution in [1.82, 2.24) is 14.9 Å². The zero-order valence-corrected chi connectivity index (χ0v) is 14.1. The lowest BCUT2D eigenvalue weighted by Gasteiger charge is -2.20. The Morgan fingerprint density at radius 3 is 3.04 bits per heavy atom. The van der Waals surface area contributed by atoms with Crippen LogP contribution in [0.15, 0.2) is 30.5 Å². The highest BCUT2D eigenvalue weighted by atomic mass is 35.5. The molecule has 0 spiro atoms. The van der Waals surface area contributed by atoms with Crippen molar-refractivity contribution in [3.63, 3.8) is 0 Å². The fraction of sp³-hybridized carbons (Fsp3) is 0.412. The normalized spacial score (nSPS) is 18.3. The van der Waals surface area contributed by atoms with Crippen molar-refractivity contribution in [2.45, 2.75) is 25.3 Å². The lowest BCUT2D eigenvalue weighted by molar-refractivity contribution is 0.301. The summed E-state index contributed by atoms with van der Waals surface area (Å²) in [6.07, 6.45) is 5.40. The van der Waals surface area contributed by atoms with Gasteiger partial charge < -0.3 is 16.0 Å². The molecule has 6 heteroatoms. The third-order valence-electron chi connectivity index (χ3n) is 4.38. The van der Waals surface area contributed by atoms with Crippen LogP contribution in [0.3, 0.4) is 0 Å². The number of nitrogens with two attached hydrogens (primary N) is 1. The number of nitrogen functional groups attached to an aromatic ring is 1. The van der Waals surface area contributed by atoms with Gasteiger partial charge in [-0.05, 0) is 50.6 Å². The van der Waals surface area contributed by atoms with Gasteiger partial charge in [0.2, 0.25) is 5.95 Å². The summed E-state index contributed by atoms with van der Waals surface area (Å²) in [7, 11) is 2.19. The molecule has 1 fully saturated rings. The Bertz CT molecular complexity index is 676. The molecule has 2 aromatic rings. The highest BCUT2D eigenvalue weighted by Crippen LogP contribution is 2.28. The number of hydrogen-bond acceptors (Lipinski definition) is 5. The molecule has 1 aromatic carbocycles. The number of likely N-dealkylation sites (tertiary alicyclic amines) is 1. The highest BCUT2D eigenvalue weighted by molar-refractivity contribution is 6.30. The number of aromatic nitrogens is 2. The van der Waals surface area contributed by atoms with Crippen LogP contribution < -0.4 is 11.1 Å². The molecule has 1 aromatic heterocycles. The van der Waals surface area contributed by atoms with Crippen molar-refractivity contribution in [3.8, 4) is 11.1 Å². The van der Waals surface area contributed by atoms with E-state index >= 15 is 0 Å². The van der Waals surface area contributed by atoms with E-state index in [-0.39, 0.29) is 5.95 Å². The Morgan fingerprint density at radius 1 is 1.43 bits per heavy atom. The Kier molecular flexibility index (Phi) is 4.98. The lowest BCUT2D eigenvalue weighted by Crippen LogP contribution is -2.27. The molecule has 1 saturated heterocycles. The number of benzene rings is 1. The molecule has 0 bridgehead atoms. The quantitative estimate of drug-likeness (QED) is 0.880. The van der Waals surface area contributed by atoms with E-state index in [0.717, 1.165) is 29.9 Å². The minimum atomic E-state index is 0.274. The van der Waals surface area contributed by atoms with Crippen LogP contribution in [-0.4, -0.2) is 41.0 Å². The van der Waals surface area contributed by atoms with Gasteiger partial charge in [0.15, 0.2) is 0 Å². The van der Waals surface area contributed by atoms with E-state index in [1.54, 1.807) is 6.20 Å². The molecule has 3 N–H and O–H groups in total. The van der Waals surface area contributed by atoms with E-state index in [2.05, 4.69) is 27.2 Å². The van der Waals surface area contributed by atoms with Crippen molar-refractivity contribution in [2.75, 3.05) is 31.2 Å². The smallest absolute Gasteiger partial charge is 0.221 e. The van der Waals surface area contributed by atoms with E-state index in [1.807, 2.05) is 24.3 Å². The van der Waals surface area contributed by atoms with Crippen LogP contribution in [0.2, 0.25) is 5.02 Å². The largest absolute Gasteiger partial charge is 0.369 e. The van der Waals surface area contributed by atoms with Gasteiger partial charge in [0, 0.05) is 29.4 Å². The average Bonchev–Trinajstić information content (AvgIpc) is 2.93. The van der Waals surface area contributed by atoms with Crippen LogP contribution in [-0.2, 0) is 0 Å². The first-order valence-electron chi connectivity index (χ1n) is 7.96. The summed E-state index contributed by atoms with van der Waals surface area (Å²) in [5.41, 5.74) is 7.66. The molecular formula is C17H22ClN5. The van der Waals surface area contributed by atoms with Gasteiger partial charge in [-0.25, -0.2) is 4.98 Å². The molecule has 5 nitrogen and oxygen atoms in total. The standard InChI is InChI=1S/C17H22ClN5/c1-23-9-3-6-14(23)7-8-20-16-15(11-21-17(19)22-16)12-4-2-5-13(18)10-12/h2,4-5,10-11,14H,3,6-9H2,1H3,(H3,19,20,21,22). The van der Waals surface area contributed by atoms with Crippen molar-refractivity contribution in [2.24, 2.45) is 0 Å². The van der Waals surface area contributed by atoms with E-state index in [4.69, 9.17) is 17.3 Å². The first-order chi connectivity index (χ1) is 11.1. The summed E-state index contributed by atoms with van der Waals surface area (Å²) in [5, 5.41) is 4.11. The van der Waals surface area contributed by atoms with Crippen LogP contribution in [0.25, 0.3) is 11.1 Å². The van der Waals surface area contributed by atoms with E-state index in [0.29, 0.717) is 11.1 Å². The second kappa shape index (κ2) is 7.15. The number of nitrogens with one attached hydrogen (secondary N) is 1. The minimum Gasteiger partial charge on any atom is -0.369 e. The molecular weight excluding hydrogens is 310 g/mol. The molecule has 3 rings (SSSR count). The third kappa shape index (κ3) is 3.92. The number of halogens is 1. The van der Waals surface area contributed by atoms with Gasteiger partial charge >= 0.3 is 0 Å². The summed E-state index contributed by atoms with van der Waals surface area (Å²) in [5.74, 6) is 1.04. The second-order valence-electron chi connectivity index (χ2n) is 5.99. The monoisotopic (exact) mass is 331 g/mol. The summed E-state index contributed by atoms with van der Waals surface area (Å²) in [6.45, 7) is 2.05. The molecule has 122 valence electrons. The Morgan fingerprint density at radius 2 is 2.30 bits per heavy atom. The first-order valence-corrected chi connectivity index (χ1v) is 8.34. The van der Waals surface area contributed by atoms with Gasteiger partial charge in [0.1, 0.15) is 5.82 Å². The van der Waals surface area contributed by atoms with Crippen molar-refractivity contribution < 1.29 is 0 Å². The van der Waals surface area contributed by atoms with Gasteiger partial charge in [-0.15, -0.1) is 0 Å². The summed E-state index contributed by atoms with van der Waals surface area (Å²) >= 11 is 6.09. The fourth-order valence-corrected chi connectivity index (χ4v) is 3.29. The third-order valence-corrected chi connectivity index (χ3v) is 4.62. The Balaban J connectivity index is 1.74. The zero-order chi connectivity index (χ0) is 16.2. The van der Waals surface area contributed by atoms with Crippen LogP contribution in [0.5, 0.6) is 0 Å². The van der Waals surface area contributed by atoms with Crippen LogP contribution in [0.4, 0.5) is 11.8 Å². The summed E-state index contributed by atoms with van der Waals surface area (Å²) in [6, 6.07) is 8.33. The maximum atomic E-state index is 6.09. The molecule has 2 heterocycles. The number of hydrogen-bond donors (Lipinski definition) is 2. The molecule has 1 aliphatic heterocycles. The molecule has 1 unspecified atom stereocenters. The van der Waals surface area contributed by atoms with Crippen molar-refractivity contribution >= 4 is 23.4 Å². The van der Waals surface area contributed by atoms with E-state index in [1.165, 1.54) is 19.4 Å². The molecule has 0 amide bonds. The zero-order valence-electron chi connectivity index (χ0n) is 13.3. The molecule has 1 atom stereocenters. The molecule has 0 aliphatic carbocycles. The summed E-state index contributed by atoms with van der Waals surface area (Å²) < 4.78 is 0. The van der Waals surface area contributed by atoms with E-state index in [9.17, 15) is 0 Å². The van der Waals surface area contributed by atoms with Crippen LogP contribution in [0.1, 0.15) is 19.3 Å². The maximum Gasteiger partial charge on any atom is 0.221 e. The Hall–Kier alpha value is -1.85. The molecule has 23 heavy (non-hydrogen) atoms. The van der Waals surface area contributed by atoms with Gasteiger partial charge in [0.05, 0.1) is 0 Å². The van der Waals surface area contributed by atoms with Gasteiger partial charge in [-0.2, -0.15) is 4.98 Å². The second-order valence-corrected chi connectivity index (χ2v) is 6.43. The topological polar surface area (TPSA) is 67.1 Å². The average molecular weight is 332 g/mol. The van der Waals surface area contributed by atoms with E-state index < -0.39 is 0 Å². The minimum absolute atomic E-state index is 0.274. The fourth-order valence-electron chi connectivity index (χ4n) is 3.10.